The number of pyridine rings is 1. The SMILES string of the molecule is O=C(/C=C/c1ccnc2ccccc12)NCC(O)c1ccsc1. The van der Waals surface area contributed by atoms with Gasteiger partial charge in [-0.15, -0.1) is 0 Å². The van der Waals surface area contributed by atoms with Crippen LogP contribution in [-0.2, 0) is 4.79 Å². The number of carbonyl (C=O) groups is 1. The van der Waals surface area contributed by atoms with Gasteiger partial charge in [-0.25, -0.2) is 0 Å². The van der Waals surface area contributed by atoms with Crippen LogP contribution in [0.3, 0.4) is 0 Å². The van der Waals surface area contributed by atoms with E-state index in [0.29, 0.717) is 0 Å². The van der Waals surface area contributed by atoms with Gasteiger partial charge in [-0.3, -0.25) is 9.78 Å². The highest BCUT2D eigenvalue weighted by Crippen LogP contribution is 2.17. The molecule has 2 heterocycles. The second-order valence-electron chi connectivity index (χ2n) is 5.07. The molecule has 0 aliphatic heterocycles. The Labute approximate surface area is 138 Å². The van der Waals surface area contributed by atoms with Gasteiger partial charge in [0, 0.05) is 24.2 Å². The number of thiophene rings is 1. The number of nitrogens with zero attached hydrogens (tertiary/aromatic N) is 1. The standard InChI is InChI=1S/C18H16N2O2S/c21-17(14-8-10-23-12-14)11-20-18(22)6-5-13-7-9-19-16-4-2-1-3-15(13)16/h1-10,12,17,21H,11H2,(H,20,22)/b6-5+. The van der Waals surface area contributed by atoms with E-state index in [1.54, 1.807) is 12.3 Å². The van der Waals surface area contributed by atoms with Crippen molar-refractivity contribution in [2.75, 3.05) is 6.54 Å². The number of aliphatic hydroxyl groups excluding tert-OH is 1. The molecule has 2 N–H and O–H groups in total. The fourth-order valence-electron chi connectivity index (χ4n) is 2.27. The minimum atomic E-state index is -0.680. The molecule has 0 aliphatic rings. The first-order valence-electron chi connectivity index (χ1n) is 7.24. The summed E-state index contributed by atoms with van der Waals surface area (Å²) in [5, 5.41) is 17.4. The zero-order valence-electron chi connectivity index (χ0n) is 12.3. The summed E-state index contributed by atoms with van der Waals surface area (Å²) in [5.41, 5.74) is 2.64. The Kier molecular flexibility index (Phi) is 4.80. The van der Waals surface area contributed by atoms with E-state index in [4.69, 9.17) is 0 Å². The predicted molar refractivity (Wildman–Crippen MR) is 93.1 cm³/mol. The molecule has 1 atom stereocenters. The van der Waals surface area contributed by atoms with Crippen LogP contribution in [0.4, 0.5) is 0 Å². The minimum Gasteiger partial charge on any atom is -0.387 e. The van der Waals surface area contributed by atoms with Gasteiger partial charge in [0.25, 0.3) is 0 Å². The van der Waals surface area contributed by atoms with Crippen molar-refractivity contribution in [3.05, 3.63) is 70.6 Å². The van der Waals surface area contributed by atoms with Crippen LogP contribution in [0, 0.1) is 0 Å². The number of hydrogen-bond acceptors (Lipinski definition) is 4. The molecule has 116 valence electrons. The van der Waals surface area contributed by atoms with Crippen LogP contribution in [0.2, 0.25) is 0 Å². The topological polar surface area (TPSA) is 62.2 Å². The molecular weight excluding hydrogens is 308 g/mol. The van der Waals surface area contributed by atoms with Gasteiger partial charge in [0.05, 0.1) is 11.6 Å². The quantitative estimate of drug-likeness (QED) is 0.709. The van der Waals surface area contributed by atoms with E-state index in [0.717, 1.165) is 22.0 Å². The molecule has 3 rings (SSSR count). The van der Waals surface area contributed by atoms with Crippen molar-refractivity contribution in [1.29, 1.82) is 0 Å². The van der Waals surface area contributed by atoms with E-state index >= 15 is 0 Å². The summed E-state index contributed by atoms with van der Waals surface area (Å²) in [7, 11) is 0. The maximum Gasteiger partial charge on any atom is 0.244 e. The van der Waals surface area contributed by atoms with Gasteiger partial charge in [0.1, 0.15) is 0 Å². The Morgan fingerprint density at radius 1 is 1.30 bits per heavy atom. The van der Waals surface area contributed by atoms with Crippen LogP contribution < -0.4 is 5.32 Å². The van der Waals surface area contributed by atoms with Crippen molar-refractivity contribution in [3.63, 3.8) is 0 Å². The zero-order valence-corrected chi connectivity index (χ0v) is 13.2. The summed E-state index contributed by atoms with van der Waals surface area (Å²) in [4.78, 5) is 16.2. The van der Waals surface area contributed by atoms with E-state index in [1.165, 1.54) is 17.4 Å². The fraction of sp³-hybridized carbons (Fsp3) is 0.111. The lowest BCUT2D eigenvalue weighted by molar-refractivity contribution is -0.116. The highest BCUT2D eigenvalue weighted by Gasteiger charge is 2.08. The summed E-state index contributed by atoms with van der Waals surface area (Å²) < 4.78 is 0. The lowest BCUT2D eigenvalue weighted by Crippen LogP contribution is -2.26. The highest BCUT2D eigenvalue weighted by atomic mass is 32.1. The zero-order chi connectivity index (χ0) is 16.1. The minimum absolute atomic E-state index is 0.191. The second-order valence-corrected chi connectivity index (χ2v) is 5.85. The molecule has 1 amide bonds. The molecule has 1 unspecified atom stereocenters. The average molecular weight is 324 g/mol. The Morgan fingerprint density at radius 3 is 3.00 bits per heavy atom. The van der Waals surface area contributed by atoms with E-state index < -0.39 is 6.10 Å². The van der Waals surface area contributed by atoms with Gasteiger partial charge in [-0.2, -0.15) is 11.3 Å². The molecular formula is C18H16N2O2S. The van der Waals surface area contributed by atoms with E-state index in [2.05, 4.69) is 10.3 Å². The van der Waals surface area contributed by atoms with E-state index in [1.807, 2.05) is 47.2 Å². The highest BCUT2D eigenvalue weighted by molar-refractivity contribution is 7.07. The predicted octanol–water partition coefficient (Wildman–Crippen LogP) is 3.16. The van der Waals surface area contributed by atoms with Crippen LogP contribution in [-0.4, -0.2) is 22.5 Å². The van der Waals surface area contributed by atoms with Crippen LogP contribution in [0.25, 0.3) is 17.0 Å². The van der Waals surface area contributed by atoms with Gasteiger partial charge in [-0.1, -0.05) is 18.2 Å². The number of fused-ring (bicyclic) bond motifs is 1. The molecule has 3 aromatic rings. The average Bonchev–Trinajstić information content (AvgIpc) is 3.12. The number of aliphatic hydroxyl groups is 1. The number of amides is 1. The molecule has 0 saturated heterocycles. The van der Waals surface area contributed by atoms with E-state index in [-0.39, 0.29) is 12.5 Å². The first-order chi connectivity index (χ1) is 11.2. The summed E-state index contributed by atoms with van der Waals surface area (Å²) >= 11 is 1.52. The smallest absolute Gasteiger partial charge is 0.244 e. The van der Waals surface area contributed by atoms with Crippen molar-refractivity contribution in [3.8, 4) is 0 Å². The van der Waals surface area contributed by atoms with Crippen molar-refractivity contribution in [2.45, 2.75) is 6.10 Å². The molecule has 0 saturated carbocycles. The normalized spacial score (nSPS) is 12.6. The molecule has 23 heavy (non-hydrogen) atoms. The molecule has 1 aromatic carbocycles. The number of nitrogens with one attached hydrogen (secondary N) is 1. The van der Waals surface area contributed by atoms with Crippen molar-refractivity contribution in [1.82, 2.24) is 10.3 Å². The van der Waals surface area contributed by atoms with Crippen LogP contribution in [0.15, 0.2) is 59.4 Å². The number of para-hydroxylation sites is 1. The molecule has 0 bridgehead atoms. The molecule has 0 spiro atoms. The third-order valence-corrected chi connectivity index (χ3v) is 4.20. The maximum atomic E-state index is 11.9. The third kappa shape index (κ3) is 3.83. The van der Waals surface area contributed by atoms with Crippen LogP contribution >= 0.6 is 11.3 Å². The number of benzene rings is 1. The van der Waals surface area contributed by atoms with Gasteiger partial charge in [-0.05, 0) is 46.2 Å². The molecule has 0 radical (unpaired) electrons. The first kappa shape index (κ1) is 15.4. The summed E-state index contributed by atoms with van der Waals surface area (Å²) in [6, 6.07) is 11.5. The Hall–Kier alpha value is -2.50. The molecule has 0 aliphatic carbocycles. The second kappa shape index (κ2) is 7.17. The first-order valence-corrected chi connectivity index (χ1v) is 8.18. The lowest BCUT2D eigenvalue weighted by Gasteiger charge is -2.09. The van der Waals surface area contributed by atoms with E-state index in [9.17, 15) is 9.90 Å². The fourth-order valence-corrected chi connectivity index (χ4v) is 2.97. The molecule has 5 heteroatoms. The van der Waals surface area contributed by atoms with Crippen LogP contribution in [0.5, 0.6) is 0 Å². The third-order valence-electron chi connectivity index (χ3n) is 3.49. The summed E-state index contributed by atoms with van der Waals surface area (Å²) in [5.74, 6) is -0.236. The molecule has 0 fully saturated rings. The number of rotatable bonds is 5. The maximum absolute atomic E-state index is 11.9. The van der Waals surface area contributed by atoms with Crippen molar-refractivity contribution in [2.24, 2.45) is 0 Å². The number of carbonyl (C=O) groups excluding carboxylic acids is 1. The molecule has 4 nitrogen and oxygen atoms in total. The Bertz CT molecular complexity index is 823. The number of hydrogen-bond donors (Lipinski definition) is 2. The lowest BCUT2D eigenvalue weighted by atomic mass is 10.1. The van der Waals surface area contributed by atoms with Gasteiger partial charge in [0.2, 0.25) is 5.91 Å². The summed E-state index contributed by atoms with van der Waals surface area (Å²) in [6.07, 6.45) is 4.28. The largest absolute Gasteiger partial charge is 0.387 e. The number of aromatic nitrogens is 1. The monoisotopic (exact) mass is 324 g/mol. The van der Waals surface area contributed by atoms with Gasteiger partial charge >= 0.3 is 0 Å². The molecule has 2 aromatic heterocycles. The van der Waals surface area contributed by atoms with Gasteiger partial charge < -0.3 is 10.4 Å². The Morgan fingerprint density at radius 2 is 2.17 bits per heavy atom. The van der Waals surface area contributed by atoms with Crippen molar-refractivity contribution >= 4 is 34.2 Å². The van der Waals surface area contributed by atoms with Gasteiger partial charge in [0.15, 0.2) is 0 Å². The Balaban J connectivity index is 1.64. The summed E-state index contributed by atoms with van der Waals surface area (Å²) in [6.45, 7) is 0.191. The van der Waals surface area contributed by atoms with Crippen molar-refractivity contribution < 1.29 is 9.90 Å². The van der Waals surface area contributed by atoms with Crippen LogP contribution in [0.1, 0.15) is 17.2 Å².